The Morgan fingerprint density at radius 3 is 2.70 bits per heavy atom. The van der Waals surface area contributed by atoms with Gasteiger partial charge in [0, 0.05) is 29.8 Å². The number of nitrogens with one attached hydrogen (secondary N) is 1. The van der Waals surface area contributed by atoms with Gasteiger partial charge in [-0.15, -0.1) is 0 Å². The van der Waals surface area contributed by atoms with Crippen molar-refractivity contribution in [2.75, 3.05) is 5.32 Å². The zero-order valence-corrected chi connectivity index (χ0v) is 16.7. The van der Waals surface area contributed by atoms with Gasteiger partial charge in [-0.25, -0.2) is 4.98 Å². The summed E-state index contributed by atoms with van der Waals surface area (Å²) in [7, 11) is 0. The van der Waals surface area contributed by atoms with Gasteiger partial charge in [-0.05, 0) is 66.4 Å². The van der Waals surface area contributed by atoms with Crippen LogP contribution in [0.15, 0.2) is 60.0 Å². The molecule has 2 aromatic heterocycles. The number of nitrogens with zero attached hydrogens (tertiary/aromatic N) is 4. The molecule has 0 saturated carbocycles. The molecule has 1 aliphatic heterocycles. The van der Waals surface area contributed by atoms with Crippen LogP contribution in [0, 0.1) is 25.2 Å². The minimum absolute atomic E-state index is 0.302. The van der Waals surface area contributed by atoms with Crippen LogP contribution in [0.4, 0.5) is 5.69 Å². The number of fused-ring (bicyclic) bond motifs is 1. The van der Waals surface area contributed by atoms with Crippen molar-refractivity contribution in [2.45, 2.75) is 20.4 Å². The van der Waals surface area contributed by atoms with Gasteiger partial charge in [0.05, 0.1) is 17.8 Å². The van der Waals surface area contributed by atoms with E-state index in [0.29, 0.717) is 29.1 Å². The van der Waals surface area contributed by atoms with Gasteiger partial charge in [0.1, 0.15) is 11.8 Å². The number of pyridine rings is 2. The molecule has 0 bridgehead atoms. The molecule has 4 rings (SSSR count). The molecule has 3 aromatic rings. The summed E-state index contributed by atoms with van der Waals surface area (Å²) in [6, 6.07) is 11.7. The summed E-state index contributed by atoms with van der Waals surface area (Å²) >= 11 is 0. The number of hydrogen-bond donors (Lipinski definition) is 1. The number of carbonyl (C=O) groups is 1. The van der Waals surface area contributed by atoms with Crippen LogP contribution >= 0.6 is 0 Å². The zero-order chi connectivity index (χ0) is 21.1. The smallest absolute Gasteiger partial charge is 0.274 e. The number of nitriles is 1. The number of rotatable bonds is 4. The van der Waals surface area contributed by atoms with E-state index in [4.69, 9.17) is 5.26 Å². The highest BCUT2D eigenvalue weighted by atomic mass is 16.1. The Hall–Kier alpha value is -4.11. The Morgan fingerprint density at radius 1 is 1.13 bits per heavy atom. The molecule has 1 aromatic carbocycles. The molecule has 30 heavy (non-hydrogen) atoms. The highest BCUT2D eigenvalue weighted by Crippen LogP contribution is 2.25. The van der Waals surface area contributed by atoms with Crippen LogP contribution < -0.4 is 5.32 Å². The van der Waals surface area contributed by atoms with Crippen molar-refractivity contribution in [1.29, 1.82) is 5.26 Å². The van der Waals surface area contributed by atoms with Crippen LogP contribution in [0.3, 0.4) is 0 Å². The molecular weight excluding hydrogens is 374 g/mol. The van der Waals surface area contributed by atoms with Crippen LogP contribution in [0.2, 0.25) is 0 Å². The summed E-state index contributed by atoms with van der Waals surface area (Å²) < 4.78 is 0. The Kier molecular flexibility index (Phi) is 5.19. The van der Waals surface area contributed by atoms with Gasteiger partial charge in [0.2, 0.25) is 0 Å². The second-order valence-electron chi connectivity index (χ2n) is 7.02. The molecule has 0 aliphatic carbocycles. The number of benzene rings is 1. The molecule has 1 aliphatic rings. The van der Waals surface area contributed by atoms with Gasteiger partial charge in [-0.1, -0.05) is 12.1 Å². The minimum Gasteiger partial charge on any atom is -0.321 e. The first-order valence-electron chi connectivity index (χ1n) is 9.50. The molecule has 0 unspecified atom stereocenters. The van der Waals surface area contributed by atoms with Gasteiger partial charge in [-0.3, -0.25) is 14.8 Å². The van der Waals surface area contributed by atoms with Gasteiger partial charge >= 0.3 is 0 Å². The Bertz CT molecular complexity index is 1240. The molecule has 0 spiro atoms. The maximum Gasteiger partial charge on any atom is 0.274 e. The Labute approximate surface area is 174 Å². The van der Waals surface area contributed by atoms with E-state index in [2.05, 4.69) is 26.3 Å². The van der Waals surface area contributed by atoms with E-state index in [9.17, 15) is 4.79 Å². The maximum absolute atomic E-state index is 12.8. The predicted octanol–water partition coefficient (Wildman–Crippen LogP) is 4.23. The van der Waals surface area contributed by atoms with Crippen molar-refractivity contribution >= 4 is 23.4 Å². The van der Waals surface area contributed by atoms with E-state index < -0.39 is 0 Å². The standard InChI is InChI=1S/C24H19N5O/c1-15-16(2)23(28-14-19(15)12-25)24(30)29-20-5-4-18-13-27-22(21(18)11-20)6-3-17-7-9-26-10-8-17/h3-11,14H,13H2,1-2H3,(H,29,30)/b6-3+. The van der Waals surface area contributed by atoms with Crippen molar-refractivity contribution in [2.24, 2.45) is 4.99 Å². The molecule has 0 atom stereocenters. The van der Waals surface area contributed by atoms with Crippen LogP contribution in [-0.4, -0.2) is 21.6 Å². The number of anilines is 1. The van der Waals surface area contributed by atoms with Crippen LogP contribution in [-0.2, 0) is 6.54 Å². The summed E-state index contributed by atoms with van der Waals surface area (Å²) in [5.74, 6) is -0.302. The summed E-state index contributed by atoms with van der Waals surface area (Å²) in [6.45, 7) is 4.24. The second-order valence-corrected chi connectivity index (χ2v) is 7.02. The monoisotopic (exact) mass is 393 g/mol. The fraction of sp³-hybridized carbons (Fsp3) is 0.125. The van der Waals surface area contributed by atoms with E-state index in [1.54, 1.807) is 19.3 Å². The first kappa shape index (κ1) is 19.2. The van der Waals surface area contributed by atoms with Crippen molar-refractivity contribution in [3.63, 3.8) is 0 Å². The first-order valence-corrected chi connectivity index (χ1v) is 9.50. The summed E-state index contributed by atoms with van der Waals surface area (Å²) in [4.78, 5) is 25.6. The number of carbonyl (C=O) groups excluding carboxylic acids is 1. The molecule has 6 nitrogen and oxygen atoms in total. The molecule has 3 heterocycles. The molecule has 0 radical (unpaired) electrons. The second kappa shape index (κ2) is 8.10. The van der Waals surface area contributed by atoms with E-state index in [-0.39, 0.29) is 5.91 Å². The van der Waals surface area contributed by atoms with Crippen molar-refractivity contribution in [3.05, 3.63) is 94.1 Å². The number of hydrogen-bond acceptors (Lipinski definition) is 5. The van der Waals surface area contributed by atoms with Crippen molar-refractivity contribution in [1.82, 2.24) is 9.97 Å². The third-order valence-corrected chi connectivity index (χ3v) is 5.18. The SMILES string of the molecule is Cc1c(C#N)cnc(C(=O)Nc2ccc3c(c2)C(/C=C/c2ccncc2)=NC3)c1C. The third-order valence-electron chi connectivity index (χ3n) is 5.18. The molecular formula is C24H19N5O. The minimum atomic E-state index is -0.302. The largest absolute Gasteiger partial charge is 0.321 e. The van der Waals surface area contributed by atoms with Crippen LogP contribution in [0.1, 0.15) is 43.9 Å². The number of allylic oxidation sites excluding steroid dienone is 1. The van der Waals surface area contributed by atoms with E-state index >= 15 is 0 Å². The fourth-order valence-electron chi connectivity index (χ4n) is 3.31. The average molecular weight is 393 g/mol. The summed E-state index contributed by atoms with van der Waals surface area (Å²) in [6.07, 6.45) is 8.90. The van der Waals surface area contributed by atoms with Gasteiger partial charge in [0.15, 0.2) is 0 Å². The maximum atomic E-state index is 12.8. The lowest BCUT2D eigenvalue weighted by atomic mass is 10.0. The fourth-order valence-corrected chi connectivity index (χ4v) is 3.31. The molecule has 0 saturated heterocycles. The lowest BCUT2D eigenvalue weighted by Crippen LogP contribution is -2.16. The molecule has 0 fully saturated rings. The van der Waals surface area contributed by atoms with Crippen LogP contribution in [0.5, 0.6) is 0 Å². The quantitative estimate of drug-likeness (QED) is 0.718. The van der Waals surface area contributed by atoms with E-state index in [1.165, 1.54) is 6.20 Å². The van der Waals surface area contributed by atoms with Crippen molar-refractivity contribution in [3.8, 4) is 6.07 Å². The van der Waals surface area contributed by atoms with E-state index in [0.717, 1.165) is 28.0 Å². The lowest BCUT2D eigenvalue weighted by Gasteiger charge is -2.11. The highest BCUT2D eigenvalue weighted by molar-refractivity contribution is 6.14. The summed E-state index contributed by atoms with van der Waals surface area (Å²) in [5, 5.41) is 12.0. The Morgan fingerprint density at radius 2 is 1.93 bits per heavy atom. The zero-order valence-electron chi connectivity index (χ0n) is 16.7. The topological polar surface area (TPSA) is 91.0 Å². The van der Waals surface area contributed by atoms with Crippen LogP contribution in [0.25, 0.3) is 6.08 Å². The van der Waals surface area contributed by atoms with Gasteiger partial charge in [0.25, 0.3) is 5.91 Å². The number of aromatic nitrogens is 2. The first-order chi connectivity index (χ1) is 14.6. The summed E-state index contributed by atoms with van der Waals surface area (Å²) in [5.41, 5.74) is 6.97. The average Bonchev–Trinajstić information content (AvgIpc) is 3.17. The Balaban J connectivity index is 1.56. The van der Waals surface area contributed by atoms with Gasteiger partial charge in [-0.2, -0.15) is 5.26 Å². The molecule has 1 amide bonds. The normalized spacial score (nSPS) is 12.4. The lowest BCUT2D eigenvalue weighted by molar-refractivity contribution is 0.102. The number of amides is 1. The molecule has 6 heteroatoms. The van der Waals surface area contributed by atoms with Crippen molar-refractivity contribution < 1.29 is 4.79 Å². The molecule has 146 valence electrons. The highest BCUT2D eigenvalue weighted by Gasteiger charge is 2.18. The van der Waals surface area contributed by atoms with Gasteiger partial charge < -0.3 is 5.32 Å². The van der Waals surface area contributed by atoms with E-state index in [1.807, 2.05) is 49.4 Å². The molecule has 1 N–H and O–H groups in total. The number of aliphatic imine (C=N–C) groups is 1. The third kappa shape index (κ3) is 3.74. The predicted molar refractivity (Wildman–Crippen MR) is 116 cm³/mol.